The zero-order valence-electron chi connectivity index (χ0n) is 17.3. The summed E-state index contributed by atoms with van der Waals surface area (Å²) in [6, 6.07) is 14.4. The lowest BCUT2D eigenvalue weighted by molar-refractivity contribution is 0.0747. The number of amides is 1. The van der Waals surface area contributed by atoms with E-state index in [0.29, 0.717) is 53.7 Å². The van der Waals surface area contributed by atoms with Gasteiger partial charge in [-0.25, -0.2) is 0 Å². The van der Waals surface area contributed by atoms with E-state index >= 15 is 0 Å². The van der Waals surface area contributed by atoms with Gasteiger partial charge in [-0.3, -0.25) is 9.59 Å². The van der Waals surface area contributed by atoms with Gasteiger partial charge in [0.2, 0.25) is 0 Å². The number of nitriles is 1. The van der Waals surface area contributed by atoms with Crippen LogP contribution in [0.4, 0.5) is 5.69 Å². The summed E-state index contributed by atoms with van der Waals surface area (Å²) in [7, 11) is 3.23. The van der Waals surface area contributed by atoms with Crippen LogP contribution in [-0.2, 0) is 7.05 Å². The second kappa shape index (κ2) is 8.32. The van der Waals surface area contributed by atoms with Gasteiger partial charge in [0.25, 0.3) is 11.5 Å². The zero-order chi connectivity index (χ0) is 22.1. The van der Waals surface area contributed by atoms with Crippen LogP contribution in [0, 0.1) is 11.3 Å². The lowest BCUT2D eigenvalue weighted by Crippen LogP contribution is -2.49. The number of hydrogen-bond donors (Lipinski definition) is 0. The molecule has 1 aromatic heterocycles. The standard InChI is InChI=1S/C23H21ClN4O3/c1-26-20-8-5-16(24)13-18(20)21(19(14-25)23(26)30)27-9-11-28(12-10-27)22(29)15-3-6-17(31-2)7-4-15/h3-8,13H,9-12H2,1-2H3. The summed E-state index contributed by atoms with van der Waals surface area (Å²) in [5.74, 6) is 0.640. The van der Waals surface area contributed by atoms with Gasteiger partial charge in [0, 0.05) is 49.2 Å². The minimum atomic E-state index is -0.343. The van der Waals surface area contributed by atoms with Gasteiger partial charge >= 0.3 is 0 Å². The minimum absolute atomic E-state index is 0.0558. The Labute approximate surface area is 184 Å². The molecule has 1 aliphatic heterocycles. The first-order chi connectivity index (χ1) is 14.9. The van der Waals surface area contributed by atoms with Crippen molar-refractivity contribution in [2.75, 3.05) is 38.2 Å². The van der Waals surface area contributed by atoms with Gasteiger partial charge in [0.05, 0.1) is 18.3 Å². The number of carbonyl (C=O) groups is 1. The van der Waals surface area contributed by atoms with Crippen molar-refractivity contribution in [1.82, 2.24) is 9.47 Å². The predicted molar refractivity (Wildman–Crippen MR) is 120 cm³/mol. The van der Waals surface area contributed by atoms with Crippen molar-refractivity contribution in [2.45, 2.75) is 0 Å². The summed E-state index contributed by atoms with van der Waals surface area (Å²) in [5.41, 5.74) is 1.63. The second-order valence-corrected chi connectivity index (χ2v) is 7.81. The first-order valence-electron chi connectivity index (χ1n) is 9.85. The average Bonchev–Trinajstić information content (AvgIpc) is 2.81. The molecule has 1 aliphatic rings. The summed E-state index contributed by atoms with van der Waals surface area (Å²) >= 11 is 6.22. The quantitative estimate of drug-likeness (QED) is 0.630. The number of carbonyl (C=O) groups excluding carboxylic acids is 1. The fraction of sp³-hybridized carbons (Fsp3) is 0.261. The number of halogens is 1. The Kier molecular flexibility index (Phi) is 5.57. The average molecular weight is 437 g/mol. The monoisotopic (exact) mass is 436 g/mol. The predicted octanol–water partition coefficient (Wildman–Crippen LogP) is 3.03. The van der Waals surface area contributed by atoms with Gasteiger partial charge in [0.15, 0.2) is 0 Å². The molecule has 31 heavy (non-hydrogen) atoms. The Balaban J connectivity index is 1.63. The van der Waals surface area contributed by atoms with Crippen LogP contribution in [0.15, 0.2) is 47.3 Å². The summed E-state index contributed by atoms with van der Waals surface area (Å²) in [6.45, 7) is 1.97. The van der Waals surface area contributed by atoms with E-state index in [1.807, 2.05) is 4.90 Å². The number of ether oxygens (including phenoxy) is 1. The molecule has 2 aromatic carbocycles. The highest BCUT2D eigenvalue weighted by Crippen LogP contribution is 2.31. The Morgan fingerprint density at radius 3 is 2.39 bits per heavy atom. The van der Waals surface area contributed by atoms with Crippen molar-refractivity contribution in [3.05, 3.63) is 69.0 Å². The Morgan fingerprint density at radius 1 is 1.10 bits per heavy atom. The largest absolute Gasteiger partial charge is 0.497 e. The number of pyridine rings is 1. The molecule has 0 N–H and O–H groups in total. The van der Waals surface area contributed by atoms with Crippen molar-refractivity contribution in [3.8, 4) is 11.8 Å². The fourth-order valence-electron chi connectivity index (χ4n) is 3.98. The van der Waals surface area contributed by atoms with Gasteiger partial charge in [-0.1, -0.05) is 11.6 Å². The highest BCUT2D eigenvalue weighted by Gasteiger charge is 2.26. The summed E-state index contributed by atoms with van der Waals surface area (Å²) in [4.78, 5) is 29.4. The maximum absolute atomic E-state index is 12.9. The fourth-order valence-corrected chi connectivity index (χ4v) is 4.15. The molecule has 0 unspecified atom stereocenters. The van der Waals surface area contributed by atoms with Crippen molar-refractivity contribution >= 4 is 34.1 Å². The molecular formula is C23H21ClN4O3. The van der Waals surface area contributed by atoms with Gasteiger partial charge in [-0.2, -0.15) is 5.26 Å². The number of methoxy groups -OCH3 is 1. The molecule has 1 amide bonds. The molecule has 4 rings (SSSR count). The van der Waals surface area contributed by atoms with Gasteiger partial charge in [-0.15, -0.1) is 0 Å². The third-order valence-electron chi connectivity index (χ3n) is 5.66. The van der Waals surface area contributed by atoms with E-state index in [1.165, 1.54) is 4.57 Å². The normalized spacial score (nSPS) is 13.9. The molecule has 7 nitrogen and oxygen atoms in total. The lowest BCUT2D eigenvalue weighted by atomic mass is 10.1. The summed E-state index contributed by atoms with van der Waals surface area (Å²) in [6.07, 6.45) is 0. The van der Waals surface area contributed by atoms with Crippen molar-refractivity contribution < 1.29 is 9.53 Å². The molecule has 1 saturated heterocycles. The number of anilines is 1. The van der Waals surface area contributed by atoms with Crippen molar-refractivity contribution in [1.29, 1.82) is 5.26 Å². The van der Waals surface area contributed by atoms with E-state index in [9.17, 15) is 14.9 Å². The molecular weight excluding hydrogens is 416 g/mol. The first-order valence-corrected chi connectivity index (χ1v) is 10.2. The Hall–Kier alpha value is -3.50. The van der Waals surface area contributed by atoms with Crippen LogP contribution in [0.25, 0.3) is 10.9 Å². The summed E-state index contributed by atoms with van der Waals surface area (Å²) in [5, 5.41) is 11.0. The topological polar surface area (TPSA) is 78.6 Å². The van der Waals surface area contributed by atoms with E-state index in [4.69, 9.17) is 16.3 Å². The molecule has 1 fully saturated rings. The number of benzene rings is 2. The Bertz CT molecular complexity index is 1250. The van der Waals surface area contributed by atoms with E-state index in [0.717, 1.165) is 5.39 Å². The molecule has 8 heteroatoms. The molecule has 0 bridgehead atoms. The minimum Gasteiger partial charge on any atom is -0.497 e. The molecule has 0 atom stereocenters. The molecule has 3 aromatic rings. The third kappa shape index (κ3) is 3.71. The maximum atomic E-state index is 12.9. The van der Waals surface area contributed by atoms with Crippen LogP contribution in [0.3, 0.4) is 0 Å². The van der Waals surface area contributed by atoms with Gasteiger partial charge < -0.3 is 19.1 Å². The highest BCUT2D eigenvalue weighted by molar-refractivity contribution is 6.31. The summed E-state index contributed by atoms with van der Waals surface area (Å²) < 4.78 is 6.62. The van der Waals surface area contributed by atoms with Crippen LogP contribution in [0.5, 0.6) is 5.75 Å². The molecule has 0 aliphatic carbocycles. The Morgan fingerprint density at radius 2 is 1.77 bits per heavy atom. The van der Waals surface area contributed by atoms with E-state index in [2.05, 4.69) is 6.07 Å². The van der Waals surface area contributed by atoms with Crippen LogP contribution in [0.2, 0.25) is 5.02 Å². The van der Waals surface area contributed by atoms with E-state index in [-0.39, 0.29) is 17.0 Å². The molecule has 0 radical (unpaired) electrons. The first kappa shape index (κ1) is 20.8. The number of nitrogens with zero attached hydrogens (tertiary/aromatic N) is 4. The zero-order valence-corrected chi connectivity index (χ0v) is 18.0. The van der Waals surface area contributed by atoms with Crippen LogP contribution in [0.1, 0.15) is 15.9 Å². The SMILES string of the molecule is COc1ccc(C(=O)N2CCN(c3c(C#N)c(=O)n(C)c4ccc(Cl)cc34)CC2)cc1. The van der Waals surface area contributed by atoms with Crippen LogP contribution >= 0.6 is 11.6 Å². The maximum Gasteiger partial charge on any atom is 0.270 e. The van der Waals surface area contributed by atoms with E-state index < -0.39 is 0 Å². The smallest absolute Gasteiger partial charge is 0.270 e. The number of rotatable bonds is 3. The molecule has 0 spiro atoms. The van der Waals surface area contributed by atoms with Gasteiger partial charge in [-0.05, 0) is 42.5 Å². The second-order valence-electron chi connectivity index (χ2n) is 7.37. The number of fused-ring (bicyclic) bond motifs is 1. The van der Waals surface area contributed by atoms with Crippen molar-refractivity contribution in [3.63, 3.8) is 0 Å². The van der Waals surface area contributed by atoms with Gasteiger partial charge in [0.1, 0.15) is 17.4 Å². The van der Waals surface area contributed by atoms with Crippen LogP contribution in [-0.4, -0.2) is 48.7 Å². The number of aromatic nitrogens is 1. The highest BCUT2D eigenvalue weighted by atomic mass is 35.5. The third-order valence-corrected chi connectivity index (χ3v) is 5.90. The lowest BCUT2D eigenvalue weighted by Gasteiger charge is -2.37. The van der Waals surface area contributed by atoms with Crippen molar-refractivity contribution in [2.24, 2.45) is 7.05 Å². The number of piperazine rings is 1. The number of hydrogen-bond acceptors (Lipinski definition) is 5. The molecule has 158 valence electrons. The van der Waals surface area contributed by atoms with E-state index in [1.54, 1.807) is 61.5 Å². The molecule has 2 heterocycles. The van der Waals surface area contributed by atoms with Crippen LogP contribution < -0.4 is 15.2 Å². The molecule has 0 saturated carbocycles. The number of aryl methyl sites for hydroxylation is 1.